The fourth-order valence-electron chi connectivity index (χ4n) is 3.00. The van der Waals surface area contributed by atoms with Crippen molar-refractivity contribution in [1.29, 1.82) is 0 Å². The van der Waals surface area contributed by atoms with Crippen LogP contribution in [-0.2, 0) is 6.42 Å². The van der Waals surface area contributed by atoms with E-state index in [-0.39, 0.29) is 30.9 Å². The van der Waals surface area contributed by atoms with E-state index in [1.807, 2.05) is 49.5 Å². The van der Waals surface area contributed by atoms with E-state index in [2.05, 4.69) is 29.7 Å². The number of rotatable bonds is 10. The Morgan fingerprint density at radius 1 is 1.07 bits per heavy atom. The zero-order valence-electron chi connectivity index (χ0n) is 16.8. The van der Waals surface area contributed by atoms with Crippen molar-refractivity contribution in [1.82, 2.24) is 10.6 Å². The number of hydrogen-bond acceptors (Lipinski definition) is 5. The molecule has 0 spiro atoms. The quantitative estimate of drug-likeness (QED) is 0.413. The Bertz CT molecular complexity index is 806. The van der Waals surface area contributed by atoms with Crippen LogP contribution < -0.4 is 15.4 Å². The Morgan fingerprint density at radius 3 is 2.48 bits per heavy atom. The molecule has 1 heterocycles. The summed E-state index contributed by atoms with van der Waals surface area (Å²) in [7, 11) is 1.91. The molecule has 160 valence electrons. The summed E-state index contributed by atoms with van der Waals surface area (Å²) in [6.45, 7) is 4.05. The van der Waals surface area contributed by atoms with Crippen molar-refractivity contribution in [2.75, 3.05) is 26.7 Å². The van der Waals surface area contributed by atoms with Crippen LogP contribution in [-0.4, -0.2) is 37.9 Å². The van der Waals surface area contributed by atoms with Crippen LogP contribution in [0.1, 0.15) is 24.4 Å². The van der Waals surface area contributed by atoms with Crippen LogP contribution in [0, 0.1) is 0 Å². The normalized spacial score (nSPS) is 12.7. The highest BCUT2D eigenvalue weighted by Gasteiger charge is 2.14. The van der Waals surface area contributed by atoms with Crippen LogP contribution in [0.3, 0.4) is 0 Å². The number of aliphatic hydroxyl groups is 1. The Kier molecular flexibility index (Phi) is 11.1. The maximum absolute atomic E-state index is 10.4. The van der Waals surface area contributed by atoms with E-state index in [1.54, 1.807) is 0 Å². The lowest BCUT2D eigenvalue weighted by Crippen LogP contribution is -2.31. The Balaban J connectivity index is 0.00000210. The molecule has 0 fully saturated rings. The first-order valence-electron chi connectivity index (χ1n) is 9.42. The predicted octanol–water partition coefficient (Wildman–Crippen LogP) is 4.13. The van der Waals surface area contributed by atoms with Crippen LogP contribution >= 0.6 is 24.8 Å². The highest BCUT2D eigenvalue weighted by atomic mass is 35.5. The summed E-state index contributed by atoms with van der Waals surface area (Å²) in [6, 6.07) is 18.1. The van der Waals surface area contributed by atoms with Crippen molar-refractivity contribution >= 4 is 35.8 Å². The van der Waals surface area contributed by atoms with E-state index in [0.717, 1.165) is 29.7 Å². The first-order valence-corrected chi connectivity index (χ1v) is 9.42. The monoisotopic (exact) mass is 440 g/mol. The molecule has 2 unspecified atom stereocenters. The molecule has 1 aromatic heterocycles. The lowest BCUT2D eigenvalue weighted by Gasteiger charge is -2.16. The average molecular weight is 441 g/mol. The van der Waals surface area contributed by atoms with Gasteiger partial charge in [-0.25, -0.2) is 0 Å². The van der Waals surface area contributed by atoms with Gasteiger partial charge in [0.2, 0.25) is 0 Å². The summed E-state index contributed by atoms with van der Waals surface area (Å²) in [6.07, 6.45) is 0.215. The molecule has 0 amide bonds. The number of ether oxygens (including phenoxy) is 1. The molecule has 3 rings (SSSR count). The smallest absolute Gasteiger partial charge is 0.135 e. The summed E-state index contributed by atoms with van der Waals surface area (Å²) in [5.74, 6) is 1.48. The van der Waals surface area contributed by atoms with Gasteiger partial charge in [0.05, 0.1) is 0 Å². The molecule has 0 saturated heterocycles. The van der Waals surface area contributed by atoms with Crippen molar-refractivity contribution in [3.8, 4) is 5.75 Å². The van der Waals surface area contributed by atoms with E-state index < -0.39 is 6.10 Å². The molecule has 0 radical (unpaired) electrons. The molecule has 2 atom stereocenters. The maximum atomic E-state index is 10.4. The molecule has 0 aliphatic heterocycles. The SMILES string of the molecule is CNCCOc1ccc(CC(C)NCC(O)c2cc3ccccc3o2)cc1.Cl.Cl. The van der Waals surface area contributed by atoms with Crippen molar-refractivity contribution in [3.63, 3.8) is 0 Å². The molecular weight excluding hydrogens is 411 g/mol. The van der Waals surface area contributed by atoms with Crippen molar-refractivity contribution in [2.45, 2.75) is 25.5 Å². The number of hydrogen-bond donors (Lipinski definition) is 3. The third-order valence-electron chi connectivity index (χ3n) is 4.52. The minimum absolute atomic E-state index is 0. The molecule has 5 nitrogen and oxygen atoms in total. The number of nitrogens with one attached hydrogen (secondary N) is 2. The fourth-order valence-corrected chi connectivity index (χ4v) is 3.00. The number of aliphatic hydroxyl groups excluding tert-OH is 1. The predicted molar refractivity (Wildman–Crippen MR) is 123 cm³/mol. The molecule has 0 saturated carbocycles. The molecule has 2 aromatic carbocycles. The molecule has 0 aliphatic carbocycles. The molecule has 3 aromatic rings. The number of para-hydroxylation sites is 1. The van der Waals surface area contributed by atoms with Crippen LogP contribution in [0.15, 0.2) is 59.0 Å². The molecule has 3 N–H and O–H groups in total. The van der Waals surface area contributed by atoms with Crippen LogP contribution in [0.5, 0.6) is 5.75 Å². The Hall–Kier alpha value is -1.76. The van der Waals surface area contributed by atoms with Crippen molar-refractivity contribution in [3.05, 3.63) is 65.9 Å². The highest BCUT2D eigenvalue weighted by Crippen LogP contribution is 2.23. The number of furan rings is 1. The fraction of sp³-hybridized carbons (Fsp3) is 0.364. The van der Waals surface area contributed by atoms with E-state index in [0.29, 0.717) is 18.9 Å². The number of benzene rings is 2. The second kappa shape index (κ2) is 12.7. The summed E-state index contributed by atoms with van der Waals surface area (Å²) in [5.41, 5.74) is 2.03. The van der Waals surface area contributed by atoms with Gasteiger partial charge in [0.1, 0.15) is 29.8 Å². The number of fused-ring (bicyclic) bond motifs is 1. The zero-order chi connectivity index (χ0) is 19.1. The summed E-state index contributed by atoms with van der Waals surface area (Å²) >= 11 is 0. The average Bonchev–Trinajstić information content (AvgIpc) is 3.12. The number of likely N-dealkylation sites (N-methyl/N-ethyl adjacent to an activating group) is 1. The van der Waals surface area contributed by atoms with E-state index >= 15 is 0 Å². The largest absolute Gasteiger partial charge is 0.492 e. The molecule has 7 heteroatoms. The van der Waals surface area contributed by atoms with Gasteiger partial charge in [0.15, 0.2) is 0 Å². The van der Waals surface area contributed by atoms with E-state index in [9.17, 15) is 5.11 Å². The topological polar surface area (TPSA) is 66.7 Å². The molecule has 0 bridgehead atoms. The number of halogens is 2. The second-order valence-electron chi connectivity index (χ2n) is 6.81. The van der Waals surface area contributed by atoms with Crippen molar-refractivity contribution in [2.24, 2.45) is 0 Å². The van der Waals surface area contributed by atoms with Crippen LogP contribution in [0.4, 0.5) is 0 Å². The van der Waals surface area contributed by atoms with Gasteiger partial charge < -0.3 is 24.9 Å². The minimum atomic E-state index is -0.664. The Morgan fingerprint density at radius 2 is 1.79 bits per heavy atom. The first-order chi connectivity index (χ1) is 13.2. The van der Waals surface area contributed by atoms with Gasteiger partial charge >= 0.3 is 0 Å². The summed E-state index contributed by atoms with van der Waals surface area (Å²) < 4.78 is 11.4. The third-order valence-corrected chi connectivity index (χ3v) is 4.52. The summed E-state index contributed by atoms with van der Waals surface area (Å²) in [4.78, 5) is 0. The van der Waals surface area contributed by atoms with Gasteiger partial charge in [0.25, 0.3) is 0 Å². The highest BCUT2D eigenvalue weighted by molar-refractivity contribution is 5.85. The maximum Gasteiger partial charge on any atom is 0.135 e. The standard InChI is InChI=1S/C22H28N2O3.2ClH/c1-16(13-17-7-9-19(10-8-17)26-12-11-23-2)24-15-20(25)22-14-18-5-3-4-6-21(18)27-22;;/h3-10,14,16,20,23-25H,11-13,15H2,1-2H3;2*1H. The molecule has 0 aliphatic rings. The Labute approximate surface area is 184 Å². The minimum Gasteiger partial charge on any atom is -0.492 e. The van der Waals surface area contributed by atoms with Gasteiger partial charge in [-0.15, -0.1) is 24.8 Å². The van der Waals surface area contributed by atoms with E-state index in [4.69, 9.17) is 9.15 Å². The van der Waals surface area contributed by atoms with Gasteiger partial charge in [-0.05, 0) is 50.2 Å². The summed E-state index contributed by atoms with van der Waals surface area (Å²) in [5, 5.41) is 17.8. The lowest BCUT2D eigenvalue weighted by molar-refractivity contribution is 0.146. The van der Waals surface area contributed by atoms with Gasteiger partial charge in [-0.3, -0.25) is 0 Å². The van der Waals surface area contributed by atoms with Gasteiger partial charge in [-0.2, -0.15) is 0 Å². The zero-order valence-corrected chi connectivity index (χ0v) is 18.4. The van der Waals surface area contributed by atoms with Gasteiger partial charge in [0, 0.05) is 24.5 Å². The lowest BCUT2D eigenvalue weighted by atomic mass is 10.1. The van der Waals surface area contributed by atoms with Crippen LogP contribution in [0.2, 0.25) is 0 Å². The molecule has 29 heavy (non-hydrogen) atoms. The van der Waals surface area contributed by atoms with E-state index in [1.165, 1.54) is 5.56 Å². The van der Waals surface area contributed by atoms with Gasteiger partial charge in [-0.1, -0.05) is 30.3 Å². The van der Waals surface area contributed by atoms with Crippen molar-refractivity contribution < 1.29 is 14.3 Å². The third kappa shape index (κ3) is 7.53. The first kappa shape index (κ1) is 25.3. The molecular formula is C22H30Cl2N2O3. The second-order valence-corrected chi connectivity index (χ2v) is 6.81. The van der Waals surface area contributed by atoms with Crippen LogP contribution in [0.25, 0.3) is 11.0 Å².